The zero-order valence-corrected chi connectivity index (χ0v) is 18.1. The molecule has 1 saturated heterocycles. The third kappa shape index (κ3) is 3.84. The topological polar surface area (TPSA) is 52.7 Å². The molecule has 5 heteroatoms. The number of nitrogens with zero attached hydrogens (tertiary/aromatic N) is 2. The minimum absolute atomic E-state index is 0.207. The van der Waals surface area contributed by atoms with Crippen molar-refractivity contribution in [2.75, 3.05) is 13.7 Å². The lowest BCUT2D eigenvalue weighted by Crippen LogP contribution is -2.46. The second kappa shape index (κ2) is 8.36. The van der Waals surface area contributed by atoms with Crippen molar-refractivity contribution in [3.05, 3.63) is 107 Å². The Kier molecular flexibility index (Phi) is 5.61. The smallest absolute Gasteiger partial charge is 0.315 e. The molecule has 0 bridgehead atoms. The molecule has 3 amide bonds. The minimum Gasteiger partial charge on any atom is -0.315 e. The number of amides is 3. The Morgan fingerprint density at radius 3 is 2.13 bits per heavy atom. The van der Waals surface area contributed by atoms with E-state index < -0.39 is 5.54 Å². The molecule has 1 N–H and O–H groups in total. The molecule has 31 heavy (non-hydrogen) atoms. The Bertz CT molecular complexity index is 1100. The number of carbonyl (C=O) groups is 2. The van der Waals surface area contributed by atoms with Crippen LogP contribution >= 0.6 is 0 Å². The van der Waals surface area contributed by atoms with Crippen molar-refractivity contribution in [1.29, 1.82) is 0 Å². The zero-order chi connectivity index (χ0) is 22.0. The first-order valence-electron chi connectivity index (χ1n) is 10.4. The van der Waals surface area contributed by atoms with Gasteiger partial charge in [0, 0.05) is 6.54 Å². The number of benzene rings is 3. The second-order valence-electron chi connectivity index (χ2n) is 8.22. The van der Waals surface area contributed by atoms with Crippen molar-refractivity contribution in [3.8, 4) is 0 Å². The molecule has 3 aromatic rings. The van der Waals surface area contributed by atoms with Crippen molar-refractivity contribution in [1.82, 2.24) is 15.1 Å². The number of imide groups is 1. The summed E-state index contributed by atoms with van der Waals surface area (Å²) < 4.78 is 0. The van der Waals surface area contributed by atoms with Gasteiger partial charge in [-0.25, -0.2) is 9.69 Å². The number of hydrogen-bond donors (Lipinski definition) is 1. The third-order valence-electron chi connectivity index (χ3n) is 5.93. The summed E-state index contributed by atoms with van der Waals surface area (Å²) in [6.07, 6.45) is 0. The van der Waals surface area contributed by atoms with E-state index in [1.165, 1.54) is 4.90 Å². The molecular weight excluding hydrogens is 386 g/mol. The van der Waals surface area contributed by atoms with Crippen molar-refractivity contribution < 1.29 is 9.59 Å². The SMILES string of the molecule is Cc1ccc([C@]2(c3ccccc3)NC(=O)N(CN(C)Cc3ccccc3)C2=O)cc1C. The fourth-order valence-corrected chi connectivity index (χ4v) is 4.11. The normalized spacial score (nSPS) is 18.5. The van der Waals surface area contributed by atoms with Crippen LogP contribution in [0.2, 0.25) is 0 Å². The molecule has 0 unspecified atom stereocenters. The largest absolute Gasteiger partial charge is 0.326 e. The Labute approximate surface area is 183 Å². The van der Waals surface area contributed by atoms with Gasteiger partial charge < -0.3 is 5.32 Å². The van der Waals surface area contributed by atoms with E-state index in [1.54, 1.807) is 0 Å². The maximum Gasteiger partial charge on any atom is 0.326 e. The van der Waals surface area contributed by atoms with E-state index in [9.17, 15) is 9.59 Å². The van der Waals surface area contributed by atoms with E-state index in [0.717, 1.165) is 27.8 Å². The van der Waals surface area contributed by atoms with Crippen LogP contribution < -0.4 is 5.32 Å². The van der Waals surface area contributed by atoms with Gasteiger partial charge in [0.1, 0.15) is 0 Å². The van der Waals surface area contributed by atoms with Gasteiger partial charge in [-0.2, -0.15) is 0 Å². The van der Waals surface area contributed by atoms with Gasteiger partial charge >= 0.3 is 6.03 Å². The van der Waals surface area contributed by atoms with Crippen LogP contribution in [0.3, 0.4) is 0 Å². The van der Waals surface area contributed by atoms with E-state index in [0.29, 0.717) is 6.54 Å². The quantitative estimate of drug-likeness (QED) is 0.617. The standard InChI is InChI=1S/C26H27N3O2/c1-19-14-15-23(16-20(19)2)26(22-12-8-5-9-13-22)24(30)29(25(31)27-26)18-28(3)17-21-10-6-4-7-11-21/h4-16H,17-18H2,1-3H3,(H,27,31)/t26-/m0/s1. The van der Waals surface area contributed by atoms with Gasteiger partial charge in [-0.1, -0.05) is 78.9 Å². The van der Waals surface area contributed by atoms with Gasteiger partial charge in [-0.3, -0.25) is 9.69 Å². The lowest BCUT2D eigenvalue weighted by Gasteiger charge is -2.29. The first kappa shape index (κ1) is 20.8. The van der Waals surface area contributed by atoms with Crippen molar-refractivity contribution in [2.45, 2.75) is 25.9 Å². The average molecular weight is 414 g/mol. The van der Waals surface area contributed by atoms with Crippen molar-refractivity contribution in [3.63, 3.8) is 0 Å². The first-order valence-corrected chi connectivity index (χ1v) is 10.4. The molecule has 1 aliphatic rings. The molecule has 3 aromatic carbocycles. The van der Waals surface area contributed by atoms with Gasteiger partial charge in [-0.05, 0) is 48.7 Å². The number of carbonyl (C=O) groups excluding carboxylic acids is 2. The third-order valence-corrected chi connectivity index (χ3v) is 5.93. The highest BCUT2D eigenvalue weighted by atomic mass is 16.2. The summed E-state index contributed by atoms with van der Waals surface area (Å²) in [7, 11) is 1.91. The van der Waals surface area contributed by atoms with E-state index in [2.05, 4.69) is 5.32 Å². The molecule has 1 fully saturated rings. The maximum absolute atomic E-state index is 13.8. The zero-order valence-electron chi connectivity index (χ0n) is 18.1. The Hall–Kier alpha value is -3.44. The van der Waals surface area contributed by atoms with Crippen LogP contribution in [0.25, 0.3) is 0 Å². The van der Waals surface area contributed by atoms with Crippen LogP contribution in [0.15, 0.2) is 78.9 Å². The summed E-state index contributed by atoms with van der Waals surface area (Å²) in [5.74, 6) is -0.258. The van der Waals surface area contributed by atoms with E-state index >= 15 is 0 Å². The molecule has 0 spiro atoms. The molecule has 0 aliphatic carbocycles. The van der Waals surface area contributed by atoms with E-state index in [4.69, 9.17) is 0 Å². The minimum atomic E-state index is -1.23. The van der Waals surface area contributed by atoms with Crippen LogP contribution in [0.5, 0.6) is 0 Å². The van der Waals surface area contributed by atoms with E-state index in [1.807, 2.05) is 105 Å². The molecule has 0 saturated carbocycles. The van der Waals surface area contributed by atoms with Gasteiger partial charge in [-0.15, -0.1) is 0 Å². The summed E-state index contributed by atoms with van der Waals surface area (Å²) in [6.45, 7) is 4.90. The maximum atomic E-state index is 13.8. The van der Waals surface area contributed by atoms with E-state index in [-0.39, 0.29) is 18.6 Å². The fraction of sp³-hybridized carbons (Fsp3) is 0.231. The highest BCUT2D eigenvalue weighted by Crippen LogP contribution is 2.36. The van der Waals surface area contributed by atoms with Crippen molar-refractivity contribution >= 4 is 11.9 Å². The lowest BCUT2D eigenvalue weighted by molar-refractivity contribution is -0.131. The summed E-state index contributed by atoms with van der Waals surface area (Å²) in [5.41, 5.74) is 3.64. The Morgan fingerprint density at radius 2 is 1.48 bits per heavy atom. The van der Waals surface area contributed by atoms with Gasteiger partial charge in [0.25, 0.3) is 5.91 Å². The monoisotopic (exact) mass is 413 g/mol. The van der Waals surface area contributed by atoms with Crippen LogP contribution in [0, 0.1) is 13.8 Å². The summed E-state index contributed by atoms with van der Waals surface area (Å²) >= 11 is 0. The van der Waals surface area contributed by atoms with Gasteiger partial charge in [0.05, 0.1) is 6.67 Å². The summed E-state index contributed by atoms with van der Waals surface area (Å²) in [5, 5.41) is 3.03. The first-order chi connectivity index (χ1) is 14.9. The summed E-state index contributed by atoms with van der Waals surface area (Å²) in [6, 6.07) is 25.0. The van der Waals surface area contributed by atoms with Gasteiger partial charge in [0.15, 0.2) is 5.54 Å². The predicted molar refractivity (Wildman–Crippen MR) is 121 cm³/mol. The predicted octanol–water partition coefficient (Wildman–Crippen LogP) is 4.19. The van der Waals surface area contributed by atoms with Crippen LogP contribution in [-0.4, -0.2) is 35.5 Å². The molecular formula is C26H27N3O2. The fourth-order valence-electron chi connectivity index (χ4n) is 4.11. The molecule has 0 radical (unpaired) electrons. The molecule has 5 nitrogen and oxygen atoms in total. The average Bonchev–Trinajstić information content (AvgIpc) is 3.02. The van der Waals surface area contributed by atoms with Crippen molar-refractivity contribution in [2.24, 2.45) is 0 Å². The van der Waals surface area contributed by atoms with Crippen LogP contribution in [0.1, 0.15) is 27.8 Å². The van der Waals surface area contributed by atoms with Crippen LogP contribution in [-0.2, 0) is 16.9 Å². The number of rotatable bonds is 6. The summed E-state index contributed by atoms with van der Waals surface area (Å²) in [4.78, 5) is 30.2. The highest BCUT2D eigenvalue weighted by Gasteiger charge is 2.53. The number of urea groups is 1. The number of aryl methyl sites for hydroxylation is 2. The Balaban J connectivity index is 1.69. The van der Waals surface area contributed by atoms with Crippen LogP contribution in [0.4, 0.5) is 4.79 Å². The molecule has 158 valence electrons. The molecule has 1 atom stereocenters. The van der Waals surface area contributed by atoms with Gasteiger partial charge in [0.2, 0.25) is 0 Å². The second-order valence-corrected chi connectivity index (χ2v) is 8.22. The lowest BCUT2D eigenvalue weighted by atomic mass is 9.81. The molecule has 1 heterocycles. The molecule has 0 aromatic heterocycles. The molecule has 1 aliphatic heterocycles. The Morgan fingerprint density at radius 1 is 0.839 bits per heavy atom. The number of nitrogens with one attached hydrogen (secondary N) is 1. The number of hydrogen-bond acceptors (Lipinski definition) is 3. The molecule has 4 rings (SSSR count). The highest BCUT2D eigenvalue weighted by molar-refractivity contribution is 6.09.